The Morgan fingerprint density at radius 2 is 2.09 bits per heavy atom. The molecule has 2 radical (unpaired) electrons. The Bertz CT molecular complexity index is 564. The van der Waals surface area contributed by atoms with Crippen molar-refractivity contribution in [3.63, 3.8) is 0 Å². The van der Waals surface area contributed by atoms with Gasteiger partial charge in [-0.15, -0.1) is 0 Å². The summed E-state index contributed by atoms with van der Waals surface area (Å²) in [5, 5.41) is 0. The van der Waals surface area contributed by atoms with E-state index in [9.17, 15) is 14.0 Å². The van der Waals surface area contributed by atoms with Gasteiger partial charge in [0.05, 0.1) is 5.54 Å². The lowest BCUT2D eigenvalue weighted by Crippen LogP contribution is -2.39. The van der Waals surface area contributed by atoms with Crippen molar-refractivity contribution >= 4 is 37.6 Å². The zero-order chi connectivity index (χ0) is 16.9. The molecule has 2 amide bonds. The fourth-order valence-electron chi connectivity index (χ4n) is 1.58. The third kappa shape index (κ3) is 6.57. The number of halogens is 2. The van der Waals surface area contributed by atoms with Crippen molar-refractivity contribution in [1.29, 1.82) is 0 Å². The Morgan fingerprint density at radius 3 is 2.59 bits per heavy atom. The Balaban J connectivity index is 2.67. The second-order valence-corrected chi connectivity index (χ2v) is 7.82. The molecule has 1 atom stereocenters. The van der Waals surface area contributed by atoms with Gasteiger partial charge in [-0.3, -0.25) is 4.79 Å². The molecule has 5 nitrogen and oxygen atoms in total. The lowest BCUT2D eigenvalue weighted by Gasteiger charge is -2.20. The first-order chi connectivity index (χ1) is 10.1. The first-order valence-corrected chi connectivity index (χ1v) is 8.43. The average molecular weight is 389 g/mol. The molecule has 8 heteroatoms. The predicted octanol–water partition coefficient (Wildman–Crippen LogP) is 2.55. The van der Waals surface area contributed by atoms with Crippen LogP contribution >= 0.6 is 15.9 Å². The number of nitrogens with one attached hydrogen (secondary N) is 1. The molecule has 0 heterocycles. The molecule has 1 aromatic rings. The van der Waals surface area contributed by atoms with Crippen molar-refractivity contribution in [1.82, 2.24) is 4.98 Å². The van der Waals surface area contributed by atoms with Gasteiger partial charge in [-0.25, -0.2) is 9.18 Å². The molecule has 1 aromatic carbocycles. The number of benzene rings is 1. The number of rotatable bonds is 5. The fourth-order valence-corrected chi connectivity index (χ4v) is 2.72. The largest absolute Gasteiger partial charge is 0.444 e. The van der Waals surface area contributed by atoms with Gasteiger partial charge in [0.25, 0.3) is 0 Å². The maximum absolute atomic E-state index is 13.8. The Morgan fingerprint density at radius 1 is 1.45 bits per heavy atom. The van der Waals surface area contributed by atoms with Crippen molar-refractivity contribution in [2.45, 2.75) is 38.3 Å². The van der Waals surface area contributed by atoms with E-state index in [1.807, 2.05) is 0 Å². The standard InChI is InChI=1S/C14H18BrFN2O3Si/c1-14(2,3)21-13(20)18-22-11(12(17)19)6-8-4-5-9(15)7-10(8)16/h4-5,7,11H,6H2,1-3H3,(H2,17,19)(H,18,20)/t11-/m0/s1. The highest BCUT2D eigenvalue weighted by atomic mass is 79.9. The molecular weight excluding hydrogens is 371 g/mol. The summed E-state index contributed by atoms with van der Waals surface area (Å²) in [4.78, 5) is 25.6. The van der Waals surface area contributed by atoms with Crippen LogP contribution in [0.5, 0.6) is 0 Å². The van der Waals surface area contributed by atoms with Gasteiger partial charge in [0.15, 0.2) is 9.68 Å². The van der Waals surface area contributed by atoms with Crippen LogP contribution in [0.4, 0.5) is 9.18 Å². The second-order valence-electron chi connectivity index (χ2n) is 5.67. The van der Waals surface area contributed by atoms with E-state index < -0.39 is 29.0 Å². The molecule has 3 N–H and O–H groups in total. The summed E-state index contributed by atoms with van der Waals surface area (Å²) < 4.78 is 19.5. The second kappa shape index (κ2) is 7.73. The monoisotopic (exact) mass is 388 g/mol. The molecule has 0 aliphatic rings. The normalized spacial score (nSPS) is 12.6. The summed E-state index contributed by atoms with van der Waals surface area (Å²) in [6, 6.07) is 4.58. The molecule has 0 saturated heterocycles. The minimum absolute atomic E-state index is 0.114. The minimum Gasteiger partial charge on any atom is -0.444 e. The Labute approximate surface area is 139 Å². The van der Waals surface area contributed by atoms with Crippen molar-refractivity contribution in [2.75, 3.05) is 0 Å². The Kier molecular flexibility index (Phi) is 6.55. The predicted molar refractivity (Wildman–Crippen MR) is 85.9 cm³/mol. The lowest BCUT2D eigenvalue weighted by molar-refractivity contribution is -0.117. The summed E-state index contributed by atoms with van der Waals surface area (Å²) in [6.45, 7) is 5.20. The molecule has 0 spiro atoms. The topological polar surface area (TPSA) is 81.4 Å². The molecule has 0 fully saturated rings. The zero-order valence-corrected chi connectivity index (χ0v) is 15.2. The van der Waals surface area contributed by atoms with Gasteiger partial charge in [0.2, 0.25) is 5.91 Å². The minimum atomic E-state index is -0.691. The van der Waals surface area contributed by atoms with Crippen LogP contribution in [0.3, 0.4) is 0 Å². The summed E-state index contributed by atoms with van der Waals surface area (Å²) in [5.41, 5.74) is 4.37. The fraction of sp³-hybridized carbons (Fsp3) is 0.429. The molecule has 0 bridgehead atoms. The van der Waals surface area contributed by atoms with Gasteiger partial charge < -0.3 is 15.5 Å². The summed E-state index contributed by atoms with van der Waals surface area (Å²) in [7, 11) is -0.288. The molecule has 120 valence electrons. The van der Waals surface area contributed by atoms with E-state index in [1.54, 1.807) is 32.9 Å². The van der Waals surface area contributed by atoms with Crippen LogP contribution in [0, 0.1) is 5.82 Å². The van der Waals surface area contributed by atoms with Crippen LogP contribution in [0.15, 0.2) is 22.7 Å². The van der Waals surface area contributed by atoms with Gasteiger partial charge in [-0.1, -0.05) is 22.0 Å². The molecule has 0 aliphatic heterocycles. The summed E-state index contributed by atoms with van der Waals surface area (Å²) in [5.74, 6) is -1.03. The van der Waals surface area contributed by atoms with E-state index in [-0.39, 0.29) is 16.1 Å². The van der Waals surface area contributed by atoms with Crippen molar-refractivity contribution in [3.05, 3.63) is 34.1 Å². The lowest BCUT2D eigenvalue weighted by atomic mass is 10.1. The van der Waals surface area contributed by atoms with Gasteiger partial charge in [0.1, 0.15) is 11.4 Å². The number of carbonyl (C=O) groups is 2. The molecule has 0 aromatic heterocycles. The molecular formula is C14H18BrFN2O3Si. The van der Waals surface area contributed by atoms with Crippen molar-refractivity contribution < 1.29 is 18.7 Å². The average Bonchev–Trinajstić information content (AvgIpc) is 2.34. The van der Waals surface area contributed by atoms with Gasteiger partial charge >= 0.3 is 6.09 Å². The van der Waals surface area contributed by atoms with Gasteiger partial charge in [0, 0.05) is 4.47 Å². The maximum atomic E-state index is 13.8. The highest BCUT2D eigenvalue weighted by Gasteiger charge is 2.23. The molecule has 0 aliphatic carbocycles. The molecule has 0 saturated carbocycles. The quantitative estimate of drug-likeness (QED) is 0.760. The molecule has 22 heavy (non-hydrogen) atoms. The molecule has 0 unspecified atom stereocenters. The Hall–Kier alpha value is -1.41. The zero-order valence-electron chi connectivity index (χ0n) is 12.6. The van der Waals surface area contributed by atoms with Crippen molar-refractivity contribution in [3.8, 4) is 0 Å². The van der Waals surface area contributed by atoms with Crippen LogP contribution < -0.4 is 10.7 Å². The van der Waals surface area contributed by atoms with E-state index in [2.05, 4.69) is 20.9 Å². The van der Waals surface area contributed by atoms with Crippen LogP contribution in [-0.4, -0.2) is 27.3 Å². The number of amides is 2. The number of hydrogen-bond donors (Lipinski definition) is 2. The summed E-state index contributed by atoms with van der Waals surface area (Å²) in [6.07, 6.45) is -0.517. The third-order valence-electron chi connectivity index (χ3n) is 2.53. The van der Waals surface area contributed by atoms with Crippen LogP contribution in [0.1, 0.15) is 26.3 Å². The van der Waals surface area contributed by atoms with Gasteiger partial charge in [-0.2, -0.15) is 0 Å². The highest BCUT2D eigenvalue weighted by molar-refractivity contribution is 9.10. The summed E-state index contributed by atoms with van der Waals surface area (Å²) >= 11 is 3.17. The number of primary amides is 1. The smallest absolute Gasteiger partial charge is 0.399 e. The van der Waals surface area contributed by atoms with Crippen LogP contribution in [-0.2, 0) is 16.0 Å². The number of carbonyl (C=O) groups excluding carboxylic acids is 2. The molecule has 1 rings (SSSR count). The van der Waals surface area contributed by atoms with E-state index in [1.165, 1.54) is 6.07 Å². The highest BCUT2D eigenvalue weighted by Crippen LogP contribution is 2.20. The van der Waals surface area contributed by atoms with E-state index in [0.717, 1.165) is 0 Å². The number of ether oxygens (including phenoxy) is 1. The maximum Gasteiger partial charge on any atom is 0.399 e. The first-order valence-electron chi connectivity index (χ1n) is 6.56. The number of nitrogens with two attached hydrogens (primary N) is 1. The van der Waals surface area contributed by atoms with Crippen LogP contribution in [0.2, 0.25) is 5.54 Å². The SMILES string of the molecule is CC(C)(C)OC(=O)N[Si][C@@H](Cc1ccc(Br)cc1F)C(N)=O. The van der Waals surface area contributed by atoms with Gasteiger partial charge in [-0.05, 0) is 44.9 Å². The van der Waals surface area contributed by atoms with E-state index in [0.29, 0.717) is 10.0 Å². The first kappa shape index (κ1) is 18.6. The van der Waals surface area contributed by atoms with Crippen LogP contribution in [0.25, 0.3) is 0 Å². The number of hydrogen-bond acceptors (Lipinski definition) is 3. The van der Waals surface area contributed by atoms with Crippen molar-refractivity contribution in [2.24, 2.45) is 5.73 Å². The third-order valence-corrected chi connectivity index (χ3v) is 4.21. The van der Waals surface area contributed by atoms with E-state index in [4.69, 9.17) is 10.5 Å². The van der Waals surface area contributed by atoms with E-state index >= 15 is 0 Å².